The van der Waals surface area contributed by atoms with Gasteiger partial charge in [-0.3, -0.25) is 14.5 Å². The lowest BCUT2D eigenvalue weighted by molar-refractivity contribution is -0.127. The molecule has 3 rings (SSSR count). The van der Waals surface area contributed by atoms with Crippen LogP contribution >= 0.6 is 11.6 Å². The minimum absolute atomic E-state index is 0.0537. The van der Waals surface area contributed by atoms with E-state index in [2.05, 4.69) is 15.5 Å². The van der Waals surface area contributed by atoms with Crippen molar-refractivity contribution < 1.29 is 14.7 Å². The van der Waals surface area contributed by atoms with Gasteiger partial charge in [-0.2, -0.15) is 0 Å². The minimum Gasteiger partial charge on any atom is -0.506 e. The minimum atomic E-state index is -0.278. The van der Waals surface area contributed by atoms with Crippen molar-refractivity contribution in [2.45, 2.75) is 32.4 Å². The first-order valence-electron chi connectivity index (χ1n) is 9.79. The predicted octanol–water partition coefficient (Wildman–Crippen LogP) is 3.40. The molecule has 0 radical (unpaired) electrons. The summed E-state index contributed by atoms with van der Waals surface area (Å²) in [5.41, 5.74) is 1.31. The number of piperidine rings is 1. The van der Waals surface area contributed by atoms with Crippen LogP contribution in [0.4, 0.5) is 5.69 Å². The summed E-state index contributed by atoms with van der Waals surface area (Å²) in [4.78, 5) is 27.1. The third-order valence-electron chi connectivity index (χ3n) is 5.40. The Morgan fingerprint density at radius 2 is 1.79 bits per heavy atom. The first-order chi connectivity index (χ1) is 14.0. The summed E-state index contributed by atoms with van der Waals surface area (Å²) in [7, 11) is 0. The van der Waals surface area contributed by atoms with E-state index in [4.69, 9.17) is 11.6 Å². The van der Waals surface area contributed by atoms with Crippen LogP contribution in [0.2, 0.25) is 5.02 Å². The molecular formula is C22H26ClN3O3. The molecule has 0 bridgehead atoms. The highest BCUT2D eigenvalue weighted by molar-refractivity contribution is 6.31. The van der Waals surface area contributed by atoms with Gasteiger partial charge in [0.2, 0.25) is 11.8 Å². The number of hydrogen-bond donors (Lipinski definition) is 3. The van der Waals surface area contributed by atoms with E-state index in [-0.39, 0.29) is 29.5 Å². The van der Waals surface area contributed by atoms with Gasteiger partial charge in [0.05, 0.1) is 11.7 Å². The summed E-state index contributed by atoms with van der Waals surface area (Å²) in [6, 6.07) is 13.9. The number of hydrogen-bond acceptors (Lipinski definition) is 4. The Kier molecular flexibility index (Phi) is 7.12. The lowest BCUT2D eigenvalue weighted by Gasteiger charge is -2.34. The van der Waals surface area contributed by atoms with Crippen LogP contribution in [-0.2, 0) is 16.1 Å². The molecule has 3 N–H and O–H groups in total. The number of para-hydroxylation sites is 2. The van der Waals surface area contributed by atoms with Gasteiger partial charge in [-0.1, -0.05) is 41.9 Å². The molecule has 7 heteroatoms. The van der Waals surface area contributed by atoms with Crippen molar-refractivity contribution in [3.8, 4) is 5.75 Å². The van der Waals surface area contributed by atoms with Crippen molar-refractivity contribution in [1.29, 1.82) is 0 Å². The Morgan fingerprint density at radius 1 is 1.14 bits per heavy atom. The second-order valence-electron chi connectivity index (χ2n) is 7.30. The molecule has 1 heterocycles. The number of phenols is 1. The summed E-state index contributed by atoms with van der Waals surface area (Å²) < 4.78 is 0. The van der Waals surface area contributed by atoms with E-state index in [0.29, 0.717) is 43.2 Å². The van der Waals surface area contributed by atoms with E-state index >= 15 is 0 Å². The van der Waals surface area contributed by atoms with Crippen molar-refractivity contribution in [1.82, 2.24) is 10.2 Å². The number of anilines is 1. The number of amides is 2. The first-order valence-corrected chi connectivity index (χ1v) is 10.2. The fourth-order valence-electron chi connectivity index (χ4n) is 3.50. The molecule has 1 saturated heterocycles. The second kappa shape index (κ2) is 9.76. The molecule has 1 atom stereocenters. The highest BCUT2D eigenvalue weighted by atomic mass is 35.5. The van der Waals surface area contributed by atoms with Crippen LogP contribution in [0, 0.1) is 5.92 Å². The molecule has 0 saturated carbocycles. The van der Waals surface area contributed by atoms with Gasteiger partial charge in [-0.05, 0) is 56.6 Å². The van der Waals surface area contributed by atoms with Gasteiger partial charge in [0.1, 0.15) is 5.75 Å². The molecule has 0 aliphatic carbocycles. The van der Waals surface area contributed by atoms with E-state index < -0.39 is 0 Å². The summed E-state index contributed by atoms with van der Waals surface area (Å²) >= 11 is 6.13. The maximum Gasteiger partial charge on any atom is 0.237 e. The fraction of sp³-hybridized carbons (Fsp3) is 0.364. The predicted molar refractivity (Wildman–Crippen MR) is 114 cm³/mol. The van der Waals surface area contributed by atoms with Gasteiger partial charge in [-0.25, -0.2) is 0 Å². The average molecular weight is 416 g/mol. The maximum absolute atomic E-state index is 12.5. The quantitative estimate of drug-likeness (QED) is 0.631. The fourth-order valence-corrected chi connectivity index (χ4v) is 3.70. The summed E-state index contributed by atoms with van der Waals surface area (Å²) in [5.74, 6) is -0.227. The van der Waals surface area contributed by atoms with E-state index in [1.165, 1.54) is 0 Å². The third-order valence-corrected chi connectivity index (χ3v) is 5.77. The number of phenolic OH excluding ortho intramolecular Hbond substituents is 1. The van der Waals surface area contributed by atoms with E-state index in [9.17, 15) is 14.7 Å². The topological polar surface area (TPSA) is 81.7 Å². The highest BCUT2D eigenvalue weighted by Crippen LogP contribution is 2.25. The standard InChI is InChI=1S/C22H26ClN3O3/c1-15(21(28)24-14-17-6-2-3-7-18(17)23)26-12-10-16(11-13-26)22(29)25-19-8-4-5-9-20(19)27/h2-9,15-16,27H,10-14H2,1H3,(H,24,28)(H,25,29)/t15-/m1/s1. The van der Waals surface area contributed by atoms with Crippen LogP contribution in [0.1, 0.15) is 25.3 Å². The number of nitrogens with one attached hydrogen (secondary N) is 2. The van der Waals surface area contributed by atoms with Crippen LogP contribution in [0.3, 0.4) is 0 Å². The zero-order valence-electron chi connectivity index (χ0n) is 16.4. The van der Waals surface area contributed by atoms with Gasteiger partial charge in [0, 0.05) is 17.5 Å². The number of nitrogens with zero attached hydrogens (tertiary/aromatic N) is 1. The molecule has 0 unspecified atom stereocenters. The maximum atomic E-state index is 12.5. The van der Waals surface area contributed by atoms with Gasteiger partial charge in [0.25, 0.3) is 0 Å². The highest BCUT2D eigenvalue weighted by Gasteiger charge is 2.30. The van der Waals surface area contributed by atoms with Gasteiger partial charge in [0.15, 0.2) is 0 Å². The van der Waals surface area contributed by atoms with E-state index in [1.54, 1.807) is 30.3 Å². The average Bonchev–Trinajstić information content (AvgIpc) is 2.74. The van der Waals surface area contributed by atoms with Crippen LogP contribution in [0.15, 0.2) is 48.5 Å². The van der Waals surface area contributed by atoms with Gasteiger partial charge >= 0.3 is 0 Å². The molecular weight excluding hydrogens is 390 g/mol. The zero-order valence-corrected chi connectivity index (χ0v) is 17.2. The number of likely N-dealkylation sites (tertiary alicyclic amines) is 1. The Hall–Kier alpha value is -2.57. The molecule has 1 aliphatic rings. The van der Waals surface area contributed by atoms with Crippen molar-refractivity contribution in [2.24, 2.45) is 5.92 Å². The Labute approximate surface area is 175 Å². The smallest absolute Gasteiger partial charge is 0.237 e. The second-order valence-corrected chi connectivity index (χ2v) is 7.71. The zero-order chi connectivity index (χ0) is 20.8. The number of benzene rings is 2. The van der Waals surface area contributed by atoms with Gasteiger partial charge < -0.3 is 15.7 Å². The SMILES string of the molecule is C[C@H](C(=O)NCc1ccccc1Cl)N1CCC(C(=O)Nc2ccccc2O)CC1. The summed E-state index contributed by atoms with van der Waals surface area (Å²) in [5, 5.41) is 16.2. The molecule has 154 valence electrons. The van der Waals surface area contributed by atoms with Crippen LogP contribution in [0.5, 0.6) is 5.75 Å². The number of carbonyl (C=O) groups is 2. The van der Waals surface area contributed by atoms with Crippen molar-refractivity contribution in [2.75, 3.05) is 18.4 Å². The van der Waals surface area contributed by atoms with E-state index in [1.807, 2.05) is 25.1 Å². The lowest BCUT2D eigenvalue weighted by Crippen LogP contribution is -2.49. The molecule has 0 aromatic heterocycles. The number of aromatic hydroxyl groups is 1. The van der Waals surface area contributed by atoms with Crippen molar-refractivity contribution >= 4 is 29.1 Å². The Balaban J connectivity index is 1.47. The lowest BCUT2D eigenvalue weighted by atomic mass is 9.94. The van der Waals surface area contributed by atoms with Crippen LogP contribution in [-0.4, -0.2) is 41.0 Å². The summed E-state index contributed by atoms with van der Waals surface area (Å²) in [6.07, 6.45) is 1.34. The van der Waals surface area contributed by atoms with Crippen LogP contribution < -0.4 is 10.6 Å². The van der Waals surface area contributed by atoms with Gasteiger partial charge in [-0.15, -0.1) is 0 Å². The molecule has 2 amide bonds. The van der Waals surface area contributed by atoms with Crippen molar-refractivity contribution in [3.63, 3.8) is 0 Å². The Morgan fingerprint density at radius 3 is 2.48 bits per heavy atom. The molecule has 29 heavy (non-hydrogen) atoms. The molecule has 2 aromatic rings. The van der Waals surface area contributed by atoms with E-state index in [0.717, 1.165) is 5.56 Å². The third kappa shape index (κ3) is 5.49. The number of carbonyl (C=O) groups excluding carboxylic acids is 2. The van der Waals surface area contributed by atoms with Crippen LogP contribution in [0.25, 0.3) is 0 Å². The molecule has 1 aliphatic heterocycles. The first kappa shape index (κ1) is 21.1. The normalized spacial score (nSPS) is 16.2. The largest absolute Gasteiger partial charge is 0.506 e. The molecule has 1 fully saturated rings. The monoisotopic (exact) mass is 415 g/mol. The van der Waals surface area contributed by atoms with Crippen molar-refractivity contribution in [3.05, 3.63) is 59.1 Å². The Bertz CT molecular complexity index is 866. The molecule has 6 nitrogen and oxygen atoms in total. The molecule has 2 aromatic carbocycles. The molecule has 0 spiro atoms. The number of rotatable bonds is 6. The summed E-state index contributed by atoms with van der Waals surface area (Å²) in [6.45, 7) is 3.60. The number of halogens is 1.